The van der Waals surface area contributed by atoms with E-state index in [1.54, 1.807) is 0 Å². The van der Waals surface area contributed by atoms with E-state index in [0.717, 1.165) is 30.0 Å². The lowest BCUT2D eigenvalue weighted by Crippen LogP contribution is -2.27. The molecule has 0 saturated carbocycles. The van der Waals surface area contributed by atoms with E-state index in [1.807, 2.05) is 37.3 Å². The lowest BCUT2D eigenvalue weighted by molar-refractivity contribution is 0.110. The predicted octanol–water partition coefficient (Wildman–Crippen LogP) is 2.96. The number of nitrogen functional groups attached to an aromatic ring is 1. The molecule has 0 amide bonds. The van der Waals surface area contributed by atoms with Crippen LogP contribution in [-0.2, 0) is 4.74 Å². The number of benzene rings is 2. The number of hydrogen-bond acceptors (Lipinski definition) is 5. The Hall–Kier alpha value is -2.08. The molecule has 2 atom stereocenters. The first-order chi connectivity index (χ1) is 11.8. The van der Waals surface area contributed by atoms with Gasteiger partial charge >= 0.3 is 0 Å². The molecule has 0 aliphatic carbocycles. The van der Waals surface area contributed by atoms with Gasteiger partial charge in [-0.2, -0.15) is 0 Å². The molecule has 5 heteroatoms. The molecule has 4 N–H and O–H groups in total. The molecule has 0 bridgehead atoms. The number of ether oxygens (including phenoxy) is 2. The second kappa shape index (κ2) is 8.15. The quantitative estimate of drug-likeness (QED) is 0.539. The molecule has 2 aromatic carbocycles. The van der Waals surface area contributed by atoms with E-state index < -0.39 is 0 Å². The third kappa shape index (κ3) is 4.06. The zero-order chi connectivity index (χ0) is 16.8. The maximum absolute atomic E-state index is 6.08. The largest absolute Gasteiger partial charge is 0.491 e. The van der Waals surface area contributed by atoms with Gasteiger partial charge in [-0.25, -0.2) is 10.9 Å². The monoisotopic (exact) mass is 327 g/mol. The average Bonchev–Trinajstić information content (AvgIpc) is 3.09. The van der Waals surface area contributed by atoms with Crippen LogP contribution in [0.4, 0.5) is 5.69 Å². The number of rotatable bonds is 7. The molecule has 128 valence electrons. The highest BCUT2D eigenvalue weighted by Gasteiger charge is 2.27. The van der Waals surface area contributed by atoms with Crippen molar-refractivity contribution in [2.45, 2.75) is 25.4 Å². The van der Waals surface area contributed by atoms with Crippen LogP contribution < -0.4 is 21.3 Å². The average molecular weight is 327 g/mol. The summed E-state index contributed by atoms with van der Waals surface area (Å²) in [5, 5.41) is 0. The van der Waals surface area contributed by atoms with Gasteiger partial charge in [-0.1, -0.05) is 30.3 Å². The van der Waals surface area contributed by atoms with E-state index in [4.69, 9.17) is 15.2 Å². The summed E-state index contributed by atoms with van der Waals surface area (Å²) in [5.41, 5.74) is 16.0. The third-order valence-electron chi connectivity index (χ3n) is 4.26. The predicted molar refractivity (Wildman–Crippen MR) is 95.7 cm³/mol. The van der Waals surface area contributed by atoms with E-state index in [2.05, 4.69) is 29.1 Å². The molecular weight excluding hydrogens is 302 g/mol. The molecule has 1 saturated heterocycles. The maximum atomic E-state index is 6.08. The molecule has 5 nitrogen and oxygen atoms in total. The van der Waals surface area contributed by atoms with E-state index in [9.17, 15) is 0 Å². The lowest BCUT2D eigenvalue weighted by Gasteiger charge is -2.13. The minimum atomic E-state index is 0.221. The summed E-state index contributed by atoms with van der Waals surface area (Å²) in [7, 11) is 0. The minimum Gasteiger partial charge on any atom is -0.491 e. The van der Waals surface area contributed by atoms with Gasteiger partial charge in [0.25, 0.3) is 0 Å². The van der Waals surface area contributed by atoms with Crippen molar-refractivity contribution in [2.75, 3.05) is 25.6 Å². The Morgan fingerprint density at radius 3 is 2.50 bits per heavy atom. The summed E-state index contributed by atoms with van der Waals surface area (Å²) in [6.45, 7) is 3.89. The van der Waals surface area contributed by atoms with Crippen molar-refractivity contribution >= 4 is 5.69 Å². The minimum absolute atomic E-state index is 0.221. The van der Waals surface area contributed by atoms with Crippen molar-refractivity contribution in [3.05, 3.63) is 59.7 Å². The number of anilines is 1. The van der Waals surface area contributed by atoms with E-state index in [1.165, 1.54) is 5.56 Å². The van der Waals surface area contributed by atoms with Gasteiger partial charge in [0.1, 0.15) is 12.4 Å². The Balaban J connectivity index is 1.57. The van der Waals surface area contributed by atoms with Gasteiger partial charge in [-0.05, 0) is 42.7 Å². The van der Waals surface area contributed by atoms with Crippen LogP contribution in [-0.4, -0.2) is 19.8 Å². The zero-order valence-electron chi connectivity index (χ0n) is 14.0. The van der Waals surface area contributed by atoms with Gasteiger partial charge in [-0.3, -0.25) is 0 Å². The number of hydrogen-bond donors (Lipinski definition) is 3. The maximum Gasteiger partial charge on any atom is 0.119 e. The Morgan fingerprint density at radius 1 is 1.00 bits per heavy atom. The van der Waals surface area contributed by atoms with Crippen molar-refractivity contribution in [1.29, 1.82) is 0 Å². The number of hydrazine groups is 1. The van der Waals surface area contributed by atoms with Crippen molar-refractivity contribution in [3.8, 4) is 5.75 Å². The topological polar surface area (TPSA) is 68.5 Å². The lowest BCUT2D eigenvalue weighted by atomic mass is 9.97. The second-order valence-corrected chi connectivity index (χ2v) is 5.87. The molecule has 1 aliphatic heterocycles. The SMILES string of the molecule is CCOCCOc1ccc(C2CC(c3ccccc3N)NN2)cc1. The van der Waals surface area contributed by atoms with Crippen molar-refractivity contribution in [1.82, 2.24) is 10.9 Å². The fourth-order valence-corrected chi connectivity index (χ4v) is 2.97. The standard InChI is InChI=1S/C19H25N3O2/c1-2-23-11-12-24-15-9-7-14(8-10-15)18-13-19(22-21-18)16-5-3-4-6-17(16)20/h3-10,18-19,21-22H,2,11-13,20H2,1H3. The summed E-state index contributed by atoms with van der Waals surface area (Å²) in [5.74, 6) is 0.869. The van der Waals surface area contributed by atoms with Gasteiger partial charge in [0, 0.05) is 18.3 Å². The second-order valence-electron chi connectivity index (χ2n) is 5.87. The molecule has 3 rings (SSSR count). The van der Waals surface area contributed by atoms with Crippen LogP contribution in [0.2, 0.25) is 0 Å². The van der Waals surface area contributed by atoms with E-state index >= 15 is 0 Å². The summed E-state index contributed by atoms with van der Waals surface area (Å²) >= 11 is 0. The molecule has 0 spiro atoms. The van der Waals surface area contributed by atoms with Crippen LogP contribution in [0.3, 0.4) is 0 Å². The molecule has 1 heterocycles. The van der Waals surface area contributed by atoms with Gasteiger partial charge in [0.2, 0.25) is 0 Å². The highest BCUT2D eigenvalue weighted by molar-refractivity contribution is 5.48. The van der Waals surface area contributed by atoms with Gasteiger partial charge in [-0.15, -0.1) is 0 Å². The fraction of sp³-hybridized carbons (Fsp3) is 0.368. The highest BCUT2D eigenvalue weighted by Crippen LogP contribution is 2.33. The van der Waals surface area contributed by atoms with Crippen LogP contribution in [0.15, 0.2) is 48.5 Å². The first kappa shape index (κ1) is 16.8. The molecule has 1 aliphatic rings. The van der Waals surface area contributed by atoms with Gasteiger partial charge < -0.3 is 15.2 Å². The van der Waals surface area contributed by atoms with Crippen LogP contribution in [0.25, 0.3) is 0 Å². The van der Waals surface area contributed by atoms with E-state index in [-0.39, 0.29) is 12.1 Å². The van der Waals surface area contributed by atoms with Crippen LogP contribution in [0.1, 0.15) is 36.6 Å². The normalized spacial score (nSPS) is 20.2. The Labute approximate surface area is 143 Å². The van der Waals surface area contributed by atoms with Crippen molar-refractivity contribution in [2.24, 2.45) is 0 Å². The highest BCUT2D eigenvalue weighted by atomic mass is 16.5. The zero-order valence-corrected chi connectivity index (χ0v) is 14.0. The first-order valence-corrected chi connectivity index (χ1v) is 8.44. The number of nitrogens with two attached hydrogens (primary N) is 1. The van der Waals surface area contributed by atoms with Gasteiger partial charge in [0.15, 0.2) is 0 Å². The molecular formula is C19H25N3O2. The molecule has 2 unspecified atom stereocenters. The summed E-state index contributed by atoms with van der Waals surface area (Å²) in [4.78, 5) is 0. The van der Waals surface area contributed by atoms with Crippen LogP contribution in [0.5, 0.6) is 5.75 Å². The van der Waals surface area contributed by atoms with Crippen molar-refractivity contribution < 1.29 is 9.47 Å². The first-order valence-electron chi connectivity index (χ1n) is 8.44. The Bertz CT molecular complexity index is 645. The van der Waals surface area contributed by atoms with Crippen LogP contribution >= 0.6 is 0 Å². The summed E-state index contributed by atoms with van der Waals surface area (Å²) < 4.78 is 10.9. The molecule has 0 radical (unpaired) electrons. The molecule has 24 heavy (non-hydrogen) atoms. The van der Waals surface area contributed by atoms with Crippen molar-refractivity contribution in [3.63, 3.8) is 0 Å². The van der Waals surface area contributed by atoms with Gasteiger partial charge in [0.05, 0.1) is 12.6 Å². The van der Waals surface area contributed by atoms with E-state index in [0.29, 0.717) is 13.2 Å². The smallest absolute Gasteiger partial charge is 0.119 e. The summed E-state index contributed by atoms with van der Waals surface area (Å²) in [6, 6.07) is 16.7. The molecule has 0 aromatic heterocycles. The fourth-order valence-electron chi connectivity index (χ4n) is 2.97. The Kier molecular flexibility index (Phi) is 5.69. The molecule has 2 aromatic rings. The van der Waals surface area contributed by atoms with Crippen LogP contribution in [0, 0.1) is 0 Å². The summed E-state index contributed by atoms with van der Waals surface area (Å²) in [6.07, 6.45) is 0.957. The third-order valence-corrected chi connectivity index (χ3v) is 4.26. The molecule has 1 fully saturated rings. The Morgan fingerprint density at radius 2 is 1.75 bits per heavy atom. The number of para-hydroxylation sites is 1. The number of nitrogens with one attached hydrogen (secondary N) is 2.